The van der Waals surface area contributed by atoms with Gasteiger partial charge in [0.15, 0.2) is 6.10 Å². The number of benzene rings is 1. The van der Waals surface area contributed by atoms with Crippen LogP contribution in [0.2, 0.25) is 0 Å². The number of carbonyl (C=O) groups is 2. The highest BCUT2D eigenvalue weighted by molar-refractivity contribution is 5.92. The number of ether oxygens (including phenoxy) is 2. The number of hydrogen-bond donors (Lipinski definition) is 2. The van der Waals surface area contributed by atoms with Gasteiger partial charge in [-0.15, -0.1) is 0 Å². The van der Waals surface area contributed by atoms with E-state index in [1.165, 1.54) is 13.2 Å². The largest absolute Gasteiger partial charge is 0.493 e. The van der Waals surface area contributed by atoms with Crippen LogP contribution in [0.5, 0.6) is 5.75 Å². The lowest BCUT2D eigenvalue weighted by atomic mass is 10.1. The number of aliphatic carboxylic acids is 1. The topological polar surface area (TPSA) is 84.9 Å². The first-order valence-electron chi connectivity index (χ1n) is 6.57. The molecule has 0 spiro atoms. The van der Waals surface area contributed by atoms with Gasteiger partial charge in [0.25, 0.3) is 0 Å². The molecule has 1 aliphatic rings. The van der Waals surface area contributed by atoms with Gasteiger partial charge in [-0.2, -0.15) is 0 Å². The van der Waals surface area contributed by atoms with Crippen LogP contribution in [0.25, 0.3) is 6.08 Å². The molecule has 2 rings (SSSR count). The second kappa shape index (κ2) is 6.90. The molecular formula is C15H17NO5. The Bertz CT molecular complexity index is 567. The molecule has 1 unspecified atom stereocenters. The molecular weight excluding hydrogens is 274 g/mol. The highest BCUT2D eigenvalue weighted by Crippen LogP contribution is 2.26. The fraction of sp³-hybridized carbons (Fsp3) is 0.333. The van der Waals surface area contributed by atoms with Gasteiger partial charge in [0.2, 0.25) is 5.91 Å². The number of rotatable bonds is 6. The van der Waals surface area contributed by atoms with E-state index in [-0.39, 0.29) is 12.5 Å². The van der Waals surface area contributed by atoms with Gasteiger partial charge in [-0.3, -0.25) is 4.79 Å². The molecule has 1 atom stereocenters. The maximum absolute atomic E-state index is 11.6. The summed E-state index contributed by atoms with van der Waals surface area (Å²) in [6.45, 7) is 0.615. The average Bonchev–Trinajstić information content (AvgIpc) is 2.92. The molecule has 0 radical (unpaired) electrons. The van der Waals surface area contributed by atoms with E-state index in [2.05, 4.69) is 5.32 Å². The fourth-order valence-electron chi connectivity index (χ4n) is 2.01. The van der Waals surface area contributed by atoms with Crippen LogP contribution in [0.3, 0.4) is 0 Å². The van der Waals surface area contributed by atoms with Gasteiger partial charge in [-0.1, -0.05) is 6.07 Å². The second-order valence-electron chi connectivity index (χ2n) is 4.61. The van der Waals surface area contributed by atoms with Gasteiger partial charge < -0.3 is 19.9 Å². The summed E-state index contributed by atoms with van der Waals surface area (Å²) in [6, 6.07) is 5.72. The van der Waals surface area contributed by atoms with Gasteiger partial charge in [0, 0.05) is 19.6 Å². The van der Waals surface area contributed by atoms with Crippen LogP contribution in [-0.2, 0) is 20.7 Å². The van der Waals surface area contributed by atoms with Crippen molar-refractivity contribution < 1.29 is 24.2 Å². The number of fused-ring (bicyclic) bond motifs is 1. The van der Waals surface area contributed by atoms with E-state index in [9.17, 15) is 9.59 Å². The Morgan fingerprint density at radius 1 is 1.52 bits per heavy atom. The number of nitrogens with one attached hydrogen (secondary N) is 1. The first-order valence-corrected chi connectivity index (χ1v) is 6.57. The number of amides is 1. The molecule has 1 aliphatic heterocycles. The molecule has 112 valence electrons. The molecule has 6 nitrogen and oxygen atoms in total. The molecule has 6 heteroatoms. The van der Waals surface area contributed by atoms with Crippen molar-refractivity contribution in [3.63, 3.8) is 0 Å². The van der Waals surface area contributed by atoms with Crippen molar-refractivity contribution in [2.24, 2.45) is 0 Å². The zero-order chi connectivity index (χ0) is 15.2. The molecule has 1 amide bonds. The van der Waals surface area contributed by atoms with Crippen LogP contribution in [0, 0.1) is 0 Å². The molecule has 0 saturated heterocycles. The van der Waals surface area contributed by atoms with Crippen molar-refractivity contribution in [2.45, 2.75) is 12.5 Å². The molecule has 21 heavy (non-hydrogen) atoms. The van der Waals surface area contributed by atoms with Crippen molar-refractivity contribution in [1.29, 1.82) is 0 Å². The lowest BCUT2D eigenvalue weighted by Crippen LogP contribution is -2.37. The molecule has 1 aromatic carbocycles. The van der Waals surface area contributed by atoms with E-state index in [1.54, 1.807) is 6.08 Å². The Balaban J connectivity index is 1.89. The van der Waals surface area contributed by atoms with Crippen LogP contribution in [-0.4, -0.2) is 43.3 Å². The third-order valence-corrected chi connectivity index (χ3v) is 3.16. The standard InChI is InChI=1S/C15H17NO5/c1-20-13(15(18)19)9-16-14(17)5-3-10-2-4-12-11(8-10)6-7-21-12/h2-5,8,13H,6-7,9H2,1H3,(H,16,17)(H,18,19)/b5-3+. The van der Waals surface area contributed by atoms with Gasteiger partial charge in [-0.25, -0.2) is 4.79 Å². The Morgan fingerprint density at radius 3 is 3.05 bits per heavy atom. The predicted octanol–water partition coefficient (Wildman–Crippen LogP) is 0.851. The van der Waals surface area contributed by atoms with Gasteiger partial charge >= 0.3 is 5.97 Å². The lowest BCUT2D eigenvalue weighted by molar-refractivity contribution is -0.148. The first kappa shape index (κ1) is 15.1. The Hall–Kier alpha value is -2.34. The minimum atomic E-state index is -1.11. The molecule has 0 fully saturated rings. The minimum Gasteiger partial charge on any atom is -0.493 e. The molecule has 0 aromatic heterocycles. The van der Waals surface area contributed by atoms with Gasteiger partial charge in [0.1, 0.15) is 5.75 Å². The second-order valence-corrected chi connectivity index (χ2v) is 4.61. The van der Waals surface area contributed by atoms with Crippen molar-refractivity contribution in [3.8, 4) is 5.75 Å². The van der Waals surface area contributed by atoms with E-state index in [0.29, 0.717) is 6.61 Å². The minimum absolute atomic E-state index is 0.0764. The van der Waals surface area contributed by atoms with Crippen molar-refractivity contribution in [1.82, 2.24) is 5.32 Å². The molecule has 0 aliphatic carbocycles. The van der Waals surface area contributed by atoms with E-state index in [4.69, 9.17) is 14.6 Å². The van der Waals surface area contributed by atoms with Gasteiger partial charge in [0.05, 0.1) is 13.2 Å². The Labute approximate surface area is 122 Å². The molecule has 1 aromatic rings. The molecule has 2 N–H and O–H groups in total. The summed E-state index contributed by atoms with van der Waals surface area (Å²) < 4.78 is 10.1. The van der Waals surface area contributed by atoms with Gasteiger partial charge in [-0.05, 0) is 29.3 Å². The zero-order valence-corrected chi connectivity index (χ0v) is 11.7. The maximum Gasteiger partial charge on any atom is 0.334 e. The molecule has 1 heterocycles. The van der Waals surface area contributed by atoms with Crippen molar-refractivity contribution >= 4 is 18.0 Å². The first-order chi connectivity index (χ1) is 10.1. The smallest absolute Gasteiger partial charge is 0.334 e. The van der Waals surface area contributed by atoms with Crippen LogP contribution in [0.15, 0.2) is 24.3 Å². The van der Waals surface area contributed by atoms with Crippen molar-refractivity contribution in [3.05, 3.63) is 35.4 Å². The summed E-state index contributed by atoms with van der Waals surface area (Å²) in [4.78, 5) is 22.3. The third-order valence-electron chi connectivity index (χ3n) is 3.16. The van der Waals surface area contributed by atoms with E-state index in [1.807, 2.05) is 18.2 Å². The summed E-state index contributed by atoms with van der Waals surface area (Å²) in [7, 11) is 1.29. The highest BCUT2D eigenvalue weighted by Gasteiger charge is 2.16. The van der Waals surface area contributed by atoms with Crippen LogP contribution < -0.4 is 10.1 Å². The summed E-state index contributed by atoms with van der Waals surface area (Å²) in [6.07, 6.45) is 2.87. The summed E-state index contributed by atoms with van der Waals surface area (Å²) in [5.74, 6) is -0.587. The summed E-state index contributed by atoms with van der Waals surface area (Å²) in [5, 5.41) is 11.3. The van der Waals surface area contributed by atoms with E-state index in [0.717, 1.165) is 23.3 Å². The molecule has 0 saturated carbocycles. The lowest BCUT2D eigenvalue weighted by Gasteiger charge is -2.10. The monoisotopic (exact) mass is 291 g/mol. The quantitative estimate of drug-likeness (QED) is 0.759. The average molecular weight is 291 g/mol. The Morgan fingerprint density at radius 2 is 2.33 bits per heavy atom. The fourth-order valence-corrected chi connectivity index (χ4v) is 2.01. The third kappa shape index (κ3) is 4.06. The Kier molecular flexibility index (Phi) is 4.94. The number of carboxylic acids is 1. The van der Waals surface area contributed by atoms with Crippen LogP contribution in [0.1, 0.15) is 11.1 Å². The number of hydrogen-bond acceptors (Lipinski definition) is 4. The molecule has 0 bridgehead atoms. The predicted molar refractivity (Wildman–Crippen MR) is 76.1 cm³/mol. The van der Waals surface area contributed by atoms with Crippen LogP contribution in [0.4, 0.5) is 0 Å². The summed E-state index contributed by atoms with van der Waals surface area (Å²) >= 11 is 0. The van der Waals surface area contributed by atoms with Crippen LogP contribution >= 0.6 is 0 Å². The zero-order valence-electron chi connectivity index (χ0n) is 11.7. The number of carbonyl (C=O) groups excluding carboxylic acids is 1. The van der Waals surface area contributed by atoms with E-state index >= 15 is 0 Å². The van der Waals surface area contributed by atoms with E-state index < -0.39 is 12.1 Å². The van der Waals surface area contributed by atoms with Crippen molar-refractivity contribution in [2.75, 3.05) is 20.3 Å². The number of carboxylic acid groups (broad SMARTS) is 1. The SMILES string of the molecule is COC(CNC(=O)/C=C/c1ccc2c(c1)CCO2)C(=O)O. The maximum atomic E-state index is 11.6. The number of methoxy groups -OCH3 is 1. The summed E-state index contributed by atoms with van der Waals surface area (Å²) in [5.41, 5.74) is 2.03. The highest BCUT2D eigenvalue weighted by atomic mass is 16.5. The normalized spacial score (nSPS) is 14.5.